The van der Waals surface area contributed by atoms with Crippen LogP contribution in [0.15, 0.2) is 72.8 Å². The molecular formula is C29H22F3N3. The third-order valence-corrected chi connectivity index (χ3v) is 6.67. The number of fused-ring (bicyclic) bond motifs is 3. The average Bonchev–Trinajstić information content (AvgIpc) is 2.83. The molecule has 3 nitrogen and oxygen atoms in total. The Hall–Kier alpha value is -4.11. The van der Waals surface area contributed by atoms with E-state index in [4.69, 9.17) is 5.73 Å². The normalized spacial score (nSPS) is 14.1. The Labute approximate surface area is 201 Å². The average molecular weight is 470 g/mol. The molecule has 0 radical (unpaired) electrons. The van der Waals surface area contributed by atoms with Crippen molar-refractivity contribution in [3.8, 4) is 39.6 Å². The van der Waals surface area contributed by atoms with Gasteiger partial charge < -0.3 is 5.73 Å². The lowest BCUT2D eigenvalue weighted by molar-refractivity contribution is -0.137. The van der Waals surface area contributed by atoms with E-state index in [9.17, 15) is 18.4 Å². The number of nitrogen functional groups attached to an aromatic ring is 1. The SMILES string of the molecule is CC1(C)Cc2c(nc(N)c(C#N)c2-c2ccccc2)-c2ccc(-c3ccccc3C(F)(F)F)cc21. The van der Waals surface area contributed by atoms with Gasteiger partial charge in [0.1, 0.15) is 17.5 Å². The molecule has 0 amide bonds. The quantitative estimate of drug-likeness (QED) is 0.333. The summed E-state index contributed by atoms with van der Waals surface area (Å²) in [5, 5.41) is 9.88. The molecule has 0 atom stereocenters. The van der Waals surface area contributed by atoms with E-state index in [0.29, 0.717) is 23.2 Å². The molecule has 1 aliphatic rings. The number of rotatable bonds is 2. The molecule has 5 rings (SSSR count). The van der Waals surface area contributed by atoms with E-state index < -0.39 is 17.2 Å². The van der Waals surface area contributed by atoms with Crippen molar-refractivity contribution in [2.75, 3.05) is 5.73 Å². The van der Waals surface area contributed by atoms with Gasteiger partial charge in [0.25, 0.3) is 0 Å². The molecule has 0 saturated carbocycles. The van der Waals surface area contributed by atoms with Crippen molar-refractivity contribution in [3.05, 3.63) is 95.1 Å². The lowest BCUT2D eigenvalue weighted by Gasteiger charge is -2.35. The van der Waals surface area contributed by atoms with Crippen LogP contribution in [0.4, 0.5) is 19.0 Å². The first kappa shape index (κ1) is 22.7. The van der Waals surface area contributed by atoms with E-state index in [1.54, 1.807) is 12.1 Å². The van der Waals surface area contributed by atoms with Gasteiger partial charge in [0.2, 0.25) is 0 Å². The van der Waals surface area contributed by atoms with Gasteiger partial charge in [0.05, 0.1) is 11.3 Å². The van der Waals surface area contributed by atoms with Gasteiger partial charge >= 0.3 is 6.18 Å². The van der Waals surface area contributed by atoms with E-state index in [1.165, 1.54) is 12.1 Å². The third-order valence-electron chi connectivity index (χ3n) is 6.67. The molecule has 0 bridgehead atoms. The zero-order valence-corrected chi connectivity index (χ0v) is 19.2. The van der Waals surface area contributed by atoms with Crippen LogP contribution in [0, 0.1) is 11.3 Å². The Morgan fingerprint density at radius 3 is 2.29 bits per heavy atom. The van der Waals surface area contributed by atoms with E-state index in [1.807, 2.05) is 42.5 Å². The van der Waals surface area contributed by atoms with Crippen LogP contribution < -0.4 is 5.73 Å². The van der Waals surface area contributed by atoms with Gasteiger partial charge in [-0.15, -0.1) is 0 Å². The highest BCUT2D eigenvalue weighted by molar-refractivity contribution is 5.88. The van der Waals surface area contributed by atoms with Gasteiger partial charge in [-0.05, 0) is 51.8 Å². The van der Waals surface area contributed by atoms with Crippen LogP contribution >= 0.6 is 0 Å². The Bertz CT molecular complexity index is 1500. The maximum absolute atomic E-state index is 13.7. The summed E-state index contributed by atoms with van der Waals surface area (Å²) in [5.41, 5.74) is 11.1. The van der Waals surface area contributed by atoms with Crippen molar-refractivity contribution in [3.63, 3.8) is 0 Å². The number of nitrogens with two attached hydrogens (primary N) is 1. The maximum Gasteiger partial charge on any atom is 0.417 e. The van der Waals surface area contributed by atoms with Gasteiger partial charge in [-0.3, -0.25) is 0 Å². The maximum atomic E-state index is 13.7. The number of nitrogens with zero attached hydrogens (tertiary/aromatic N) is 2. The first-order valence-electron chi connectivity index (χ1n) is 11.2. The standard InChI is InChI=1S/C29H22F3N3/c1-28(2)15-21-25(17-8-4-3-5-9-17)22(16-33)27(34)35-26(21)20-13-12-18(14-24(20)28)19-10-6-7-11-23(19)29(30,31)32/h3-14H,15H2,1-2H3,(H2,34,35). The fraction of sp³-hybridized carbons (Fsp3) is 0.172. The van der Waals surface area contributed by atoms with Gasteiger partial charge in [0.15, 0.2) is 0 Å². The fourth-order valence-corrected chi connectivity index (χ4v) is 5.07. The Morgan fingerprint density at radius 2 is 1.60 bits per heavy atom. The van der Waals surface area contributed by atoms with E-state index in [0.717, 1.165) is 33.9 Å². The molecule has 35 heavy (non-hydrogen) atoms. The molecule has 2 N–H and O–H groups in total. The summed E-state index contributed by atoms with van der Waals surface area (Å²) in [5.74, 6) is 0.141. The molecule has 174 valence electrons. The van der Waals surface area contributed by atoms with Crippen LogP contribution in [0.25, 0.3) is 33.5 Å². The number of benzene rings is 3. The van der Waals surface area contributed by atoms with Crippen LogP contribution in [-0.4, -0.2) is 4.98 Å². The molecule has 0 aliphatic heterocycles. The van der Waals surface area contributed by atoms with Crippen molar-refractivity contribution < 1.29 is 13.2 Å². The molecule has 1 heterocycles. The first-order valence-corrected chi connectivity index (χ1v) is 11.2. The number of anilines is 1. The lowest BCUT2D eigenvalue weighted by Crippen LogP contribution is -2.27. The third kappa shape index (κ3) is 3.74. The van der Waals surface area contributed by atoms with Gasteiger partial charge in [-0.25, -0.2) is 4.98 Å². The van der Waals surface area contributed by atoms with Crippen LogP contribution in [0.2, 0.25) is 0 Å². The van der Waals surface area contributed by atoms with E-state index >= 15 is 0 Å². The van der Waals surface area contributed by atoms with Gasteiger partial charge in [-0.1, -0.05) is 74.5 Å². The summed E-state index contributed by atoms with van der Waals surface area (Å²) in [6, 6.07) is 22.8. The molecule has 0 unspecified atom stereocenters. The number of pyridine rings is 1. The summed E-state index contributed by atoms with van der Waals surface area (Å²) < 4.78 is 41.1. The van der Waals surface area contributed by atoms with E-state index in [2.05, 4.69) is 24.9 Å². The van der Waals surface area contributed by atoms with Crippen LogP contribution in [-0.2, 0) is 18.0 Å². The molecule has 0 spiro atoms. The smallest absolute Gasteiger partial charge is 0.383 e. The Morgan fingerprint density at radius 1 is 0.914 bits per heavy atom. The van der Waals surface area contributed by atoms with Crippen molar-refractivity contribution in [1.29, 1.82) is 5.26 Å². The zero-order chi connectivity index (χ0) is 25.0. The number of hydrogen-bond acceptors (Lipinski definition) is 3. The van der Waals surface area contributed by atoms with Gasteiger partial charge in [0, 0.05) is 11.1 Å². The first-order chi connectivity index (χ1) is 16.6. The predicted octanol–water partition coefficient (Wildman–Crippen LogP) is 7.39. The molecule has 6 heteroatoms. The van der Waals surface area contributed by atoms with Gasteiger partial charge in [-0.2, -0.15) is 18.4 Å². The number of aromatic nitrogens is 1. The molecule has 0 saturated heterocycles. The number of hydrogen-bond donors (Lipinski definition) is 1. The summed E-state index contributed by atoms with van der Waals surface area (Å²) in [6.45, 7) is 4.12. The van der Waals surface area contributed by atoms with Crippen LogP contribution in [0.1, 0.15) is 36.1 Å². The number of halogens is 3. The second-order valence-corrected chi connectivity index (χ2v) is 9.42. The number of alkyl halides is 3. The molecular weight excluding hydrogens is 447 g/mol. The molecule has 1 aromatic heterocycles. The zero-order valence-electron chi connectivity index (χ0n) is 19.2. The minimum absolute atomic E-state index is 0.140. The monoisotopic (exact) mass is 469 g/mol. The molecule has 3 aromatic carbocycles. The highest BCUT2D eigenvalue weighted by atomic mass is 19.4. The summed E-state index contributed by atoms with van der Waals surface area (Å²) in [4.78, 5) is 4.61. The Kier molecular flexibility index (Phi) is 5.17. The molecule has 4 aromatic rings. The van der Waals surface area contributed by atoms with Crippen molar-refractivity contribution in [1.82, 2.24) is 4.98 Å². The fourth-order valence-electron chi connectivity index (χ4n) is 5.07. The minimum atomic E-state index is -4.46. The highest BCUT2D eigenvalue weighted by Crippen LogP contribution is 2.48. The minimum Gasteiger partial charge on any atom is -0.383 e. The second kappa shape index (κ2) is 7.99. The molecule has 0 fully saturated rings. The van der Waals surface area contributed by atoms with E-state index in [-0.39, 0.29) is 11.4 Å². The largest absolute Gasteiger partial charge is 0.417 e. The summed E-state index contributed by atoms with van der Waals surface area (Å²) in [6.07, 6.45) is -3.89. The van der Waals surface area contributed by atoms with Crippen LogP contribution in [0.5, 0.6) is 0 Å². The topological polar surface area (TPSA) is 62.7 Å². The number of nitriles is 1. The molecule has 1 aliphatic carbocycles. The van der Waals surface area contributed by atoms with Crippen molar-refractivity contribution >= 4 is 5.82 Å². The van der Waals surface area contributed by atoms with Crippen molar-refractivity contribution in [2.45, 2.75) is 31.9 Å². The lowest BCUT2D eigenvalue weighted by atomic mass is 9.69. The van der Waals surface area contributed by atoms with Crippen molar-refractivity contribution in [2.24, 2.45) is 0 Å². The predicted molar refractivity (Wildman–Crippen MR) is 131 cm³/mol. The second-order valence-electron chi connectivity index (χ2n) is 9.42. The van der Waals surface area contributed by atoms with Crippen LogP contribution in [0.3, 0.4) is 0 Å². The Balaban J connectivity index is 1.77. The highest BCUT2D eigenvalue weighted by Gasteiger charge is 2.37. The summed E-state index contributed by atoms with van der Waals surface area (Å²) in [7, 11) is 0. The summed E-state index contributed by atoms with van der Waals surface area (Å²) >= 11 is 0.